The van der Waals surface area contributed by atoms with E-state index in [1.165, 1.54) is 10.8 Å². The van der Waals surface area contributed by atoms with Gasteiger partial charge < -0.3 is 10.1 Å². The van der Waals surface area contributed by atoms with E-state index >= 15 is 0 Å². The fourth-order valence-electron chi connectivity index (χ4n) is 3.37. The van der Waals surface area contributed by atoms with Crippen molar-refractivity contribution < 1.29 is 9.53 Å². The Labute approximate surface area is 182 Å². The van der Waals surface area contributed by atoms with Crippen molar-refractivity contribution in [1.29, 1.82) is 0 Å². The van der Waals surface area contributed by atoms with Gasteiger partial charge in [-0.05, 0) is 43.3 Å². The first-order valence-electron chi connectivity index (χ1n) is 10.1. The molecule has 0 bridgehead atoms. The minimum absolute atomic E-state index is 0.0280. The van der Waals surface area contributed by atoms with Gasteiger partial charge in [0, 0.05) is 12.4 Å². The lowest BCUT2D eigenvalue weighted by molar-refractivity contribution is -0.116. The molecule has 0 spiro atoms. The molecular weight excluding hydrogens is 410 g/mol. The number of fused-ring (bicyclic) bond motifs is 1. The molecule has 0 unspecified atom stereocenters. The average molecular weight is 431 g/mol. The lowest BCUT2D eigenvalue weighted by Crippen LogP contribution is -2.42. The Balaban J connectivity index is 1.73. The molecule has 9 heteroatoms. The van der Waals surface area contributed by atoms with Gasteiger partial charge in [0.15, 0.2) is 5.52 Å². The Kier molecular flexibility index (Phi) is 6.07. The predicted octanol–water partition coefficient (Wildman–Crippen LogP) is 2.04. The van der Waals surface area contributed by atoms with Gasteiger partial charge in [-0.15, -0.1) is 0 Å². The molecule has 1 N–H and O–H groups in total. The molecule has 0 saturated carbocycles. The molecule has 32 heavy (non-hydrogen) atoms. The molecule has 162 valence electrons. The van der Waals surface area contributed by atoms with Crippen LogP contribution in [-0.2, 0) is 17.9 Å². The molecule has 0 radical (unpaired) electrons. The summed E-state index contributed by atoms with van der Waals surface area (Å²) in [4.78, 5) is 47.4. The minimum atomic E-state index is -0.616. The average Bonchev–Trinajstić information content (AvgIpc) is 2.81. The second kappa shape index (κ2) is 9.25. The summed E-state index contributed by atoms with van der Waals surface area (Å²) in [5.74, 6) is 0.0924. The first-order valence-corrected chi connectivity index (χ1v) is 10.1. The Bertz CT molecular complexity index is 1380. The standard InChI is InChI=1S/C23H21N5O4/c1-2-32-19-11-4-3-9-17(19)26-20(29)15-27-18-10-7-13-25-21(18)22(30)28(23(27)31)14-16-8-5-6-12-24-16/h3-13H,2,14-15H2,1H3,(H,26,29). The van der Waals surface area contributed by atoms with Gasteiger partial charge in [-0.25, -0.2) is 9.78 Å². The summed E-state index contributed by atoms with van der Waals surface area (Å²) in [6.45, 7) is 1.97. The number of pyridine rings is 2. The molecule has 0 saturated heterocycles. The minimum Gasteiger partial charge on any atom is -0.492 e. The number of amides is 1. The van der Waals surface area contributed by atoms with Crippen LogP contribution >= 0.6 is 0 Å². The first kappa shape index (κ1) is 21.0. The number of nitrogens with zero attached hydrogens (tertiary/aromatic N) is 4. The van der Waals surface area contributed by atoms with Gasteiger partial charge in [0.05, 0.1) is 30.0 Å². The maximum atomic E-state index is 13.2. The second-order valence-corrected chi connectivity index (χ2v) is 6.93. The first-order chi connectivity index (χ1) is 15.6. The highest BCUT2D eigenvalue weighted by atomic mass is 16.5. The van der Waals surface area contributed by atoms with E-state index in [1.54, 1.807) is 60.8 Å². The molecule has 4 rings (SSSR count). The normalized spacial score (nSPS) is 10.8. The monoisotopic (exact) mass is 431 g/mol. The fraction of sp³-hybridized carbons (Fsp3) is 0.174. The van der Waals surface area contributed by atoms with Crippen LogP contribution in [0.25, 0.3) is 11.0 Å². The number of rotatable bonds is 7. The summed E-state index contributed by atoms with van der Waals surface area (Å²) in [7, 11) is 0. The number of carbonyl (C=O) groups is 1. The Morgan fingerprint density at radius 3 is 2.53 bits per heavy atom. The zero-order valence-electron chi connectivity index (χ0n) is 17.4. The number of hydrogen-bond donors (Lipinski definition) is 1. The van der Waals surface area contributed by atoms with Crippen LogP contribution in [0, 0.1) is 0 Å². The highest BCUT2D eigenvalue weighted by Gasteiger charge is 2.17. The van der Waals surface area contributed by atoms with Crippen LogP contribution < -0.4 is 21.3 Å². The van der Waals surface area contributed by atoms with Crippen molar-refractivity contribution in [3.05, 3.63) is 93.5 Å². The summed E-state index contributed by atoms with van der Waals surface area (Å²) in [5, 5.41) is 2.78. The molecule has 0 atom stereocenters. The van der Waals surface area contributed by atoms with Crippen molar-refractivity contribution in [2.24, 2.45) is 0 Å². The number of nitrogens with one attached hydrogen (secondary N) is 1. The largest absolute Gasteiger partial charge is 0.492 e. The number of hydrogen-bond acceptors (Lipinski definition) is 6. The van der Waals surface area contributed by atoms with Gasteiger partial charge in [-0.1, -0.05) is 18.2 Å². The van der Waals surface area contributed by atoms with Gasteiger partial charge >= 0.3 is 5.69 Å². The van der Waals surface area contributed by atoms with E-state index in [4.69, 9.17) is 4.74 Å². The summed E-state index contributed by atoms with van der Waals surface area (Å²) in [6, 6.07) is 15.5. The zero-order chi connectivity index (χ0) is 22.5. The van der Waals surface area contributed by atoms with Crippen molar-refractivity contribution >= 4 is 22.6 Å². The van der Waals surface area contributed by atoms with Gasteiger partial charge in [0.2, 0.25) is 5.91 Å². The van der Waals surface area contributed by atoms with Crippen LogP contribution in [0.5, 0.6) is 5.75 Å². The van der Waals surface area contributed by atoms with E-state index in [2.05, 4.69) is 15.3 Å². The summed E-state index contributed by atoms with van der Waals surface area (Å²) in [6.07, 6.45) is 3.06. The molecule has 0 fully saturated rings. The molecular formula is C23H21N5O4. The maximum Gasteiger partial charge on any atom is 0.332 e. The smallest absolute Gasteiger partial charge is 0.332 e. The molecule has 1 aromatic carbocycles. The van der Waals surface area contributed by atoms with E-state index in [1.807, 2.05) is 6.92 Å². The van der Waals surface area contributed by atoms with Crippen LogP contribution in [-0.4, -0.2) is 31.6 Å². The summed E-state index contributed by atoms with van der Waals surface area (Å²) >= 11 is 0. The highest BCUT2D eigenvalue weighted by Crippen LogP contribution is 2.23. The lowest BCUT2D eigenvalue weighted by atomic mass is 10.3. The number of carbonyl (C=O) groups excluding carboxylic acids is 1. The predicted molar refractivity (Wildman–Crippen MR) is 120 cm³/mol. The maximum absolute atomic E-state index is 13.2. The van der Waals surface area contributed by atoms with Crippen molar-refractivity contribution in [2.75, 3.05) is 11.9 Å². The number of anilines is 1. The van der Waals surface area contributed by atoms with E-state index in [0.29, 0.717) is 23.7 Å². The van der Waals surface area contributed by atoms with Gasteiger partial charge in [0.1, 0.15) is 12.3 Å². The van der Waals surface area contributed by atoms with E-state index in [9.17, 15) is 14.4 Å². The van der Waals surface area contributed by atoms with Crippen LogP contribution in [0.3, 0.4) is 0 Å². The Morgan fingerprint density at radius 2 is 1.75 bits per heavy atom. The summed E-state index contributed by atoms with van der Waals surface area (Å²) < 4.78 is 7.82. The second-order valence-electron chi connectivity index (χ2n) is 6.93. The van der Waals surface area contributed by atoms with Crippen LogP contribution in [0.4, 0.5) is 5.69 Å². The van der Waals surface area contributed by atoms with E-state index in [0.717, 1.165) is 4.57 Å². The molecule has 9 nitrogen and oxygen atoms in total. The van der Waals surface area contributed by atoms with Crippen LogP contribution in [0.15, 0.2) is 76.6 Å². The number of ether oxygens (including phenoxy) is 1. The third kappa shape index (κ3) is 4.27. The molecule has 1 amide bonds. The van der Waals surface area contributed by atoms with Crippen molar-refractivity contribution in [3.8, 4) is 5.75 Å². The third-order valence-electron chi connectivity index (χ3n) is 4.80. The molecule has 0 aliphatic rings. The molecule has 0 aliphatic carbocycles. The van der Waals surface area contributed by atoms with E-state index in [-0.39, 0.29) is 24.1 Å². The quantitative estimate of drug-likeness (QED) is 0.480. The third-order valence-corrected chi connectivity index (χ3v) is 4.80. The van der Waals surface area contributed by atoms with Gasteiger partial charge in [0.25, 0.3) is 5.56 Å². The SMILES string of the molecule is CCOc1ccccc1NC(=O)Cn1c(=O)n(Cc2ccccn2)c(=O)c2ncccc21. The Morgan fingerprint density at radius 1 is 0.969 bits per heavy atom. The molecule has 0 aliphatic heterocycles. The number of aromatic nitrogens is 4. The highest BCUT2D eigenvalue weighted by molar-refractivity contribution is 5.92. The number of benzene rings is 1. The van der Waals surface area contributed by atoms with Gasteiger partial charge in [-0.3, -0.25) is 23.7 Å². The fourth-order valence-corrected chi connectivity index (χ4v) is 3.37. The van der Waals surface area contributed by atoms with Crippen LogP contribution in [0.2, 0.25) is 0 Å². The molecule has 3 aromatic heterocycles. The van der Waals surface area contributed by atoms with Crippen molar-refractivity contribution in [3.63, 3.8) is 0 Å². The van der Waals surface area contributed by atoms with Gasteiger partial charge in [-0.2, -0.15) is 0 Å². The molecule has 4 aromatic rings. The lowest BCUT2D eigenvalue weighted by Gasteiger charge is -2.15. The van der Waals surface area contributed by atoms with Crippen molar-refractivity contribution in [2.45, 2.75) is 20.0 Å². The number of para-hydroxylation sites is 2. The zero-order valence-corrected chi connectivity index (χ0v) is 17.4. The molecule has 3 heterocycles. The topological polar surface area (TPSA) is 108 Å². The Hall–Kier alpha value is -4.27. The van der Waals surface area contributed by atoms with Crippen molar-refractivity contribution in [1.82, 2.24) is 19.1 Å². The summed E-state index contributed by atoms with van der Waals surface area (Å²) in [5.41, 5.74) is 0.280. The van der Waals surface area contributed by atoms with Crippen LogP contribution in [0.1, 0.15) is 12.6 Å². The van der Waals surface area contributed by atoms with E-state index < -0.39 is 17.2 Å².